The summed E-state index contributed by atoms with van der Waals surface area (Å²) >= 11 is 4.02. The first kappa shape index (κ1) is 27.8. The Hall–Kier alpha value is -2.34. The van der Waals surface area contributed by atoms with Gasteiger partial charge in [-0.2, -0.15) is 0 Å². The number of hydrogen-bond donors (Lipinski definition) is 0. The lowest BCUT2D eigenvalue weighted by Gasteiger charge is -2.28. The van der Waals surface area contributed by atoms with Crippen molar-refractivity contribution in [2.24, 2.45) is 0 Å². The second-order valence-electron chi connectivity index (χ2n) is 11.9. The minimum Gasteiger partial charge on any atom is -0.0988 e. The van der Waals surface area contributed by atoms with Crippen molar-refractivity contribution in [3.63, 3.8) is 0 Å². The third-order valence-electron chi connectivity index (χ3n) is 7.21. The third kappa shape index (κ3) is 5.10. The van der Waals surface area contributed by atoms with E-state index in [2.05, 4.69) is 125 Å². The lowest BCUT2D eigenvalue weighted by molar-refractivity contribution is 1.27. The highest BCUT2D eigenvalue weighted by atomic mass is 32.7. The molecule has 0 saturated heterocycles. The van der Waals surface area contributed by atoms with Gasteiger partial charge in [0.15, 0.2) is 0 Å². The highest BCUT2D eigenvalue weighted by molar-refractivity contribution is 8.62. The Morgan fingerprint density at radius 3 is 1.23 bits per heavy atom. The molecule has 202 valence electrons. The molecule has 0 fully saturated rings. The van der Waals surface area contributed by atoms with Crippen molar-refractivity contribution in [3.05, 3.63) is 96.1 Å². The lowest BCUT2D eigenvalue weighted by atomic mass is 9.87. The molecule has 0 radical (unpaired) electrons. The maximum absolute atomic E-state index is 4.70. The van der Waals surface area contributed by atoms with Gasteiger partial charge in [0.2, 0.25) is 0 Å². The molecule has 1 aliphatic rings. The molecule has 0 aliphatic heterocycles. The van der Waals surface area contributed by atoms with E-state index in [0.29, 0.717) is 0 Å². The predicted molar refractivity (Wildman–Crippen MR) is 192 cm³/mol. The van der Waals surface area contributed by atoms with E-state index in [-0.39, 0.29) is 0 Å². The van der Waals surface area contributed by atoms with E-state index in [1.807, 2.05) is 22.8 Å². The van der Waals surface area contributed by atoms with Crippen LogP contribution in [0.25, 0.3) is 55.3 Å². The fourth-order valence-electron chi connectivity index (χ4n) is 5.66. The summed E-state index contributed by atoms with van der Waals surface area (Å²) in [5.74, 6) is 0. The molecule has 0 aromatic heterocycles. The van der Waals surface area contributed by atoms with Crippen LogP contribution in [0.2, 0.25) is 0 Å². The van der Waals surface area contributed by atoms with E-state index in [9.17, 15) is 0 Å². The van der Waals surface area contributed by atoms with Gasteiger partial charge in [0.05, 0.1) is 0 Å². The molecule has 0 saturated carbocycles. The van der Waals surface area contributed by atoms with Gasteiger partial charge < -0.3 is 0 Å². The van der Waals surface area contributed by atoms with Crippen LogP contribution in [0.3, 0.4) is 0 Å². The van der Waals surface area contributed by atoms with Crippen LogP contribution in [0.5, 0.6) is 0 Å². The number of hydrogen-bond acceptors (Lipinski definition) is 2. The van der Waals surface area contributed by atoms with Crippen molar-refractivity contribution < 1.29 is 0 Å². The van der Waals surface area contributed by atoms with Crippen LogP contribution < -0.4 is 0 Å². The SMILES string of the molecule is C=P(C)(C)Sc1c(SP(=C)(C)C)c(-c2ccc(C)cc2)c2c(c1-c1ccc(C)cc1)-c1cccc3cccc-2c13. The summed E-state index contributed by atoms with van der Waals surface area (Å²) < 4.78 is 0. The van der Waals surface area contributed by atoms with Crippen molar-refractivity contribution >= 4 is 58.3 Å². The molecule has 0 amide bonds. The molecule has 0 N–H and O–H groups in total. The largest absolute Gasteiger partial charge is 0.0988 e. The first-order valence-electron chi connectivity index (χ1n) is 13.6. The maximum Gasteiger partial charge on any atom is 0.0346 e. The molecule has 4 heteroatoms. The quantitative estimate of drug-likeness (QED) is 0.176. The van der Waals surface area contributed by atoms with Crippen LogP contribution >= 0.6 is 34.9 Å². The van der Waals surface area contributed by atoms with Crippen LogP contribution in [0, 0.1) is 13.8 Å². The van der Waals surface area contributed by atoms with Gasteiger partial charge in [-0.25, -0.2) is 0 Å². The van der Waals surface area contributed by atoms with Crippen LogP contribution in [-0.4, -0.2) is 39.3 Å². The molecular weight excluding hydrogens is 558 g/mol. The molecule has 0 atom stereocenters. The zero-order chi connectivity index (χ0) is 28.4. The minimum absolute atomic E-state index is 1.28. The maximum atomic E-state index is 4.70. The first-order valence-corrected chi connectivity index (χ1v) is 22.2. The first-order chi connectivity index (χ1) is 18.9. The Labute approximate surface area is 248 Å². The lowest BCUT2D eigenvalue weighted by Crippen LogP contribution is -1.98. The molecular formula is C36H36P2S2. The third-order valence-corrected chi connectivity index (χ3v) is 13.6. The van der Waals surface area contributed by atoms with Crippen molar-refractivity contribution in [3.8, 4) is 44.5 Å². The van der Waals surface area contributed by atoms with Gasteiger partial charge in [-0.1, -0.05) is 144 Å². The molecule has 5 aromatic rings. The smallest absolute Gasteiger partial charge is 0.0346 e. The number of rotatable bonds is 6. The summed E-state index contributed by atoms with van der Waals surface area (Å²) in [6, 6.07) is 31.9. The fourth-order valence-corrected chi connectivity index (χ4v) is 12.3. The van der Waals surface area contributed by atoms with E-state index >= 15 is 0 Å². The van der Waals surface area contributed by atoms with Crippen LogP contribution in [-0.2, 0) is 0 Å². The summed E-state index contributed by atoms with van der Waals surface area (Å²) in [6.45, 7) is 13.7. The van der Waals surface area contributed by atoms with Gasteiger partial charge in [0, 0.05) is 20.9 Å². The Bertz CT molecular complexity index is 1750. The summed E-state index contributed by atoms with van der Waals surface area (Å²) in [7, 11) is 0. The van der Waals surface area contributed by atoms with Crippen molar-refractivity contribution in [1.29, 1.82) is 0 Å². The second kappa shape index (κ2) is 10.2. The van der Waals surface area contributed by atoms with Gasteiger partial charge in [0.1, 0.15) is 0 Å². The molecule has 0 unspecified atom stereocenters. The Balaban J connectivity index is 1.88. The fraction of sp³-hybridized carbons (Fsp3) is 0.167. The van der Waals surface area contributed by atoms with Gasteiger partial charge in [-0.05, 0) is 84.7 Å². The highest BCUT2D eigenvalue weighted by Crippen LogP contribution is 2.69. The molecule has 40 heavy (non-hydrogen) atoms. The van der Waals surface area contributed by atoms with E-state index < -0.39 is 12.2 Å². The standard InChI is InChI=1S/C36H36P2S2/c1-23-15-19-26(20-16-23)31-33-28-13-9-11-25-12-10-14-29(30(25)28)34(33)32(27-21-17-24(2)18-22-27)36(40-38(6,7)8)35(31)39-37(3,4)5/h9-22H,3,6H2,1-2,4-5,7-8H3. The highest BCUT2D eigenvalue weighted by Gasteiger charge is 2.34. The minimum atomic E-state index is -1.52. The monoisotopic (exact) mass is 594 g/mol. The van der Waals surface area contributed by atoms with E-state index in [4.69, 9.17) is 12.6 Å². The molecule has 1 aliphatic carbocycles. The average Bonchev–Trinajstić information content (AvgIpc) is 3.20. The van der Waals surface area contributed by atoms with Gasteiger partial charge in [-0.15, -0.1) is 0 Å². The molecule has 0 heterocycles. The van der Waals surface area contributed by atoms with Crippen LogP contribution in [0.15, 0.2) is 94.7 Å². The van der Waals surface area contributed by atoms with E-state index in [1.54, 1.807) is 0 Å². The van der Waals surface area contributed by atoms with Crippen molar-refractivity contribution in [2.75, 3.05) is 26.7 Å². The normalized spacial score (nSPS) is 12.7. The number of benzene rings is 5. The average molecular weight is 595 g/mol. The summed E-state index contributed by atoms with van der Waals surface area (Å²) in [6.07, 6.45) is 6.36. The zero-order valence-electron chi connectivity index (χ0n) is 24.2. The Kier molecular flexibility index (Phi) is 7.08. The molecule has 0 spiro atoms. The molecule has 0 bridgehead atoms. The zero-order valence-corrected chi connectivity index (χ0v) is 27.6. The predicted octanol–water partition coefficient (Wildman–Crippen LogP) is 11.9. The summed E-state index contributed by atoms with van der Waals surface area (Å²) in [4.78, 5) is 2.75. The summed E-state index contributed by atoms with van der Waals surface area (Å²) in [5.41, 5.74) is 13.2. The Morgan fingerprint density at radius 1 is 0.500 bits per heavy atom. The topological polar surface area (TPSA) is 0 Å². The number of aryl methyl sites for hydroxylation is 2. The van der Waals surface area contributed by atoms with Gasteiger partial charge in [-0.3, -0.25) is 0 Å². The van der Waals surface area contributed by atoms with Gasteiger partial charge in [0.25, 0.3) is 0 Å². The molecule has 6 rings (SSSR count). The van der Waals surface area contributed by atoms with E-state index in [0.717, 1.165) is 0 Å². The summed E-state index contributed by atoms with van der Waals surface area (Å²) in [5, 5.41) is 2.67. The van der Waals surface area contributed by atoms with E-state index in [1.165, 1.54) is 76.2 Å². The van der Waals surface area contributed by atoms with Gasteiger partial charge >= 0.3 is 0 Å². The van der Waals surface area contributed by atoms with Crippen molar-refractivity contribution in [1.82, 2.24) is 0 Å². The number of fused-ring (bicyclic) bond motifs is 3. The van der Waals surface area contributed by atoms with Crippen molar-refractivity contribution in [2.45, 2.75) is 23.6 Å². The van der Waals surface area contributed by atoms with Crippen LogP contribution in [0.1, 0.15) is 11.1 Å². The molecule has 0 nitrogen and oxygen atoms in total. The van der Waals surface area contributed by atoms with Crippen LogP contribution in [0.4, 0.5) is 0 Å². The Morgan fingerprint density at radius 2 is 0.875 bits per heavy atom. The second-order valence-corrected chi connectivity index (χ2v) is 26.4. The molecule has 5 aromatic carbocycles.